The van der Waals surface area contributed by atoms with E-state index in [1.807, 2.05) is 27.7 Å². The van der Waals surface area contributed by atoms with Crippen LogP contribution in [0.4, 0.5) is 0 Å². The molecule has 190 valence electrons. The Morgan fingerprint density at radius 3 is 1.26 bits per heavy atom. The summed E-state index contributed by atoms with van der Waals surface area (Å²) in [5.74, 6) is -2.58. The fourth-order valence-corrected chi connectivity index (χ4v) is 3.07. The quantitative estimate of drug-likeness (QED) is 0.279. The van der Waals surface area contributed by atoms with Crippen molar-refractivity contribution in [3.05, 3.63) is 35.4 Å². The van der Waals surface area contributed by atoms with Crippen LogP contribution >= 0.6 is 0 Å². The standard InChI is InChI=1S/C26H38O8/c1-7-19(8-2)15-31-23(27)17(5)33-25(29)21-13-11-12-14-22(21)26(30)34-18(6)24(28)32-16-20(9-3)10-4/h11-14,17-20H,7-10,15-16H2,1-6H3. The van der Waals surface area contributed by atoms with Crippen molar-refractivity contribution < 1.29 is 38.1 Å². The Bertz CT molecular complexity index is 744. The molecular weight excluding hydrogens is 440 g/mol. The van der Waals surface area contributed by atoms with Crippen LogP contribution in [0.1, 0.15) is 87.9 Å². The van der Waals surface area contributed by atoms with Gasteiger partial charge >= 0.3 is 23.9 Å². The molecular formula is C26H38O8. The van der Waals surface area contributed by atoms with Crippen LogP contribution in [0.2, 0.25) is 0 Å². The van der Waals surface area contributed by atoms with Gasteiger partial charge in [-0.2, -0.15) is 0 Å². The third-order valence-electron chi connectivity index (χ3n) is 5.83. The molecule has 2 atom stereocenters. The Hall–Kier alpha value is -2.90. The topological polar surface area (TPSA) is 105 Å². The first kappa shape index (κ1) is 29.1. The summed E-state index contributed by atoms with van der Waals surface area (Å²) in [5.41, 5.74) is -0.158. The van der Waals surface area contributed by atoms with Crippen LogP contribution in [0, 0.1) is 11.8 Å². The van der Waals surface area contributed by atoms with Gasteiger partial charge in [-0.25, -0.2) is 19.2 Å². The van der Waals surface area contributed by atoms with Gasteiger partial charge in [-0.05, 0) is 37.8 Å². The molecule has 0 radical (unpaired) electrons. The zero-order chi connectivity index (χ0) is 25.7. The lowest BCUT2D eigenvalue weighted by molar-refractivity contribution is -0.155. The molecule has 34 heavy (non-hydrogen) atoms. The minimum Gasteiger partial charge on any atom is -0.463 e. The first-order chi connectivity index (χ1) is 16.2. The highest BCUT2D eigenvalue weighted by atomic mass is 16.6. The predicted octanol–water partition coefficient (Wildman–Crippen LogP) is 4.74. The number of rotatable bonds is 14. The summed E-state index contributed by atoms with van der Waals surface area (Å²) >= 11 is 0. The van der Waals surface area contributed by atoms with E-state index in [1.165, 1.54) is 26.0 Å². The Labute approximate surface area is 202 Å². The minimum atomic E-state index is -1.15. The summed E-state index contributed by atoms with van der Waals surface area (Å²) in [4.78, 5) is 49.7. The number of esters is 4. The Kier molecular flexibility index (Phi) is 12.9. The lowest BCUT2D eigenvalue weighted by Crippen LogP contribution is -2.30. The van der Waals surface area contributed by atoms with E-state index in [-0.39, 0.29) is 36.2 Å². The molecule has 0 saturated heterocycles. The van der Waals surface area contributed by atoms with Crippen LogP contribution in [-0.2, 0) is 28.5 Å². The van der Waals surface area contributed by atoms with Crippen molar-refractivity contribution in [3.8, 4) is 0 Å². The van der Waals surface area contributed by atoms with Gasteiger partial charge in [0.1, 0.15) is 0 Å². The molecule has 0 aliphatic carbocycles. The van der Waals surface area contributed by atoms with Gasteiger partial charge < -0.3 is 18.9 Å². The van der Waals surface area contributed by atoms with Gasteiger partial charge in [-0.1, -0.05) is 65.5 Å². The molecule has 0 N–H and O–H groups in total. The summed E-state index contributed by atoms with van der Waals surface area (Å²) in [6.07, 6.45) is 1.19. The van der Waals surface area contributed by atoms with Crippen LogP contribution in [0.25, 0.3) is 0 Å². The van der Waals surface area contributed by atoms with E-state index in [4.69, 9.17) is 18.9 Å². The molecule has 0 aliphatic rings. The molecule has 0 bridgehead atoms. The highest BCUT2D eigenvalue weighted by Gasteiger charge is 2.27. The number of hydrogen-bond acceptors (Lipinski definition) is 8. The van der Waals surface area contributed by atoms with Gasteiger partial charge in [0, 0.05) is 0 Å². The van der Waals surface area contributed by atoms with E-state index in [1.54, 1.807) is 12.1 Å². The highest BCUT2D eigenvalue weighted by Crippen LogP contribution is 2.16. The second-order valence-corrected chi connectivity index (χ2v) is 8.27. The van der Waals surface area contributed by atoms with E-state index in [0.29, 0.717) is 0 Å². The van der Waals surface area contributed by atoms with Gasteiger partial charge in [-0.15, -0.1) is 0 Å². The van der Waals surface area contributed by atoms with Crippen LogP contribution < -0.4 is 0 Å². The predicted molar refractivity (Wildman–Crippen MR) is 126 cm³/mol. The van der Waals surface area contributed by atoms with E-state index in [0.717, 1.165) is 25.7 Å². The molecule has 0 saturated carbocycles. The summed E-state index contributed by atoms with van der Waals surface area (Å²) in [6.45, 7) is 11.4. The molecule has 0 amide bonds. The molecule has 8 nitrogen and oxygen atoms in total. The SMILES string of the molecule is CCC(CC)COC(=O)C(C)OC(=O)c1ccccc1C(=O)OC(C)C(=O)OCC(CC)CC. The van der Waals surface area contributed by atoms with Crippen molar-refractivity contribution in [2.24, 2.45) is 11.8 Å². The molecule has 0 aliphatic heterocycles. The fraction of sp³-hybridized carbons (Fsp3) is 0.615. The second kappa shape index (κ2) is 15.1. The van der Waals surface area contributed by atoms with Crippen molar-refractivity contribution in [1.29, 1.82) is 0 Å². The molecule has 1 aromatic rings. The number of ether oxygens (including phenoxy) is 4. The molecule has 8 heteroatoms. The Morgan fingerprint density at radius 2 is 0.971 bits per heavy atom. The first-order valence-corrected chi connectivity index (χ1v) is 12.0. The third kappa shape index (κ3) is 9.15. The number of hydrogen-bond donors (Lipinski definition) is 0. The van der Waals surface area contributed by atoms with Crippen molar-refractivity contribution in [2.75, 3.05) is 13.2 Å². The van der Waals surface area contributed by atoms with Gasteiger partial charge in [0.2, 0.25) is 0 Å². The first-order valence-electron chi connectivity index (χ1n) is 12.0. The number of benzene rings is 1. The van der Waals surface area contributed by atoms with Gasteiger partial charge in [0.15, 0.2) is 12.2 Å². The van der Waals surface area contributed by atoms with E-state index < -0.39 is 36.1 Å². The smallest absolute Gasteiger partial charge is 0.347 e. The van der Waals surface area contributed by atoms with Crippen LogP contribution in [0.15, 0.2) is 24.3 Å². The van der Waals surface area contributed by atoms with Gasteiger partial charge in [0.25, 0.3) is 0 Å². The Balaban J connectivity index is 2.77. The van der Waals surface area contributed by atoms with Crippen molar-refractivity contribution >= 4 is 23.9 Å². The zero-order valence-corrected chi connectivity index (χ0v) is 21.1. The number of carbonyl (C=O) groups excluding carboxylic acids is 4. The average molecular weight is 479 g/mol. The summed E-state index contributed by atoms with van der Waals surface area (Å²) in [5, 5.41) is 0. The highest BCUT2D eigenvalue weighted by molar-refractivity contribution is 6.04. The second-order valence-electron chi connectivity index (χ2n) is 8.27. The van der Waals surface area contributed by atoms with Crippen LogP contribution in [0.3, 0.4) is 0 Å². The molecule has 1 aromatic carbocycles. The lowest BCUT2D eigenvalue weighted by atomic mass is 10.1. The van der Waals surface area contributed by atoms with Crippen LogP contribution in [0.5, 0.6) is 0 Å². The van der Waals surface area contributed by atoms with E-state index in [2.05, 4.69) is 0 Å². The Morgan fingerprint density at radius 1 is 0.647 bits per heavy atom. The molecule has 0 spiro atoms. The normalized spacial score (nSPS) is 12.7. The molecule has 0 fully saturated rings. The third-order valence-corrected chi connectivity index (χ3v) is 5.83. The molecule has 1 rings (SSSR count). The fourth-order valence-electron chi connectivity index (χ4n) is 3.07. The van der Waals surface area contributed by atoms with Crippen LogP contribution in [-0.4, -0.2) is 49.3 Å². The largest absolute Gasteiger partial charge is 0.463 e. The van der Waals surface area contributed by atoms with Gasteiger partial charge in [-0.3, -0.25) is 0 Å². The summed E-state index contributed by atoms with van der Waals surface area (Å²) in [7, 11) is 0. The zero-order valence-electron chi connectivity index (χ0n) is 21.1. The monoisotopic (exact) mass is 478 g/mol. The maximum absolute atomic E-state index is 12.7. The average Bonchev–Trinajstić information content (AvgIpc) is 2.84. The maximum atomic E-state index is 12.7. The van der Waals surface area contributed by atoms with E-state index >= 15 is 0 Å². The summed E-state index contributed by atoms with van der Waals surface area (Å²) < 4.78 is 20.9. The van der Waals surface area contributed by atoms with E-state index in [9.17, 15) is 19.2 Å². The molecule has 2 unspecified atom stereocenters. The summed E-state index contributed by atoms with van der Waals surface area (Å²) in [6, 6.07) is 5.88. The van der Waals surface area contributed by atoms with Crippen molar-refractivity contribution in [3.63, 3.8) is 0 Å². The van der Waals surface area contributed by atoms with Crippen molar-refractivity contribution in [1.82, 2.24) is 0 Å². The lowest BCUT2D eigenvalue weighted by Gasteiger charge is -2.18. The minimum absolute atomic E-state index is 0.0789. The maximum Gasteiger partial charge on any atom is 0.347 e. The molecule has 0 heterocycles. The van der Waals surface area contributed by atoms with Gasteiger partial charge in [0.05, 0.1) is 24.3 Å². The molecule has 0 aromatic heterocycles. The van der Waals surface area contributed by atoms with Crippen molar-refractivity contribution in [2.45, 2.75) is 79.4 Å². The number of carbonyl (C=O) groups is 4.